The number of carbonyl (C=O) groups excluding carboxylic acids is 1. The molecule has 0 aromatic heterocycles. The van der Waals surface area contributed by atoms with Crippen molar-refractivity contribution in [3.05, 3.63) is 59.4 Å². The van der Waals surface area contributed by atoms with Gasteiger partial charge in [0.05, 0.1) is 15.2 Å². The first-order chi connectivity index (χ1) is 14.7. The molecule has 0 heterocycles. The van der Waals surface area contributed by atoms with E-state index < -0.39 is 43.8 Å². The first-order valence-electron chi connectivity index (χ1n) is 9.92. The van der Waals surface area contributed by atoms with Crippen LogP contribution in [0, 0.1) is 17.7 Å². The summed E-state index contributed by atoms with van der Waals surface area (Å²) in [5.41, 5.74) is -0.974. The van der Waals surface area contributed by atoms with Crippen LogP contribution in [0.1, 0.15) is 42.6 Å². The third kappa shape index (κ3) is 4.60. The smallest absolute Gasteiger partial charge is 0.416 e. The number of nitrogens with one attached hydrogen (secondary N) is 1. The minimum atomic E-state index is -4.64. The Morgan fingerprint density at radius 3 is 2.38 bits per heavy atom. The first kappa shape index (κ1) is 24.0. The topological polar surface area (TPSA) is 83.5 Å². The Balaban J connectivity index is 1.62. The van der Waals surface area contributed by atoms with E-state index in [1.807, 2.05) is 0 Å². The number of amides is 1. The van der Waals surface area contributed by atoms with E-state index in [0.29, 0.717) is 18.9 Å². The lowest BCUT2D eigenvalue weighted by molar-refractivity contribution is -0.137. The maximum absolute atomic E-state index is 13.4. The molecule has 1 amide bonds. The highest BCUT2D eigenvalue weighted by Crippen LogP contribution is 2.46. The van der Waals surface area contributed by atoms with Gasteiger partial charge in [-0.25, -0.2) is 12.8 Å². The van der Waals surface area contributed by atoms with Crippen molar-refractivity contribution in [2.45, 2.75) is 42.5 Å². The first-order valence-corrected chi connectivity index (χ1v) is 11.4. The highest BCUT2D eigenvalue weighted by Gasteiger charge is 2.48. The van der Waals surface area contributed by atoms with E-state index in [4.69, 9.17) is 0 Å². The Morgan fingerprint density at radius 2 is 1.78 bits per heavy atom. The molecule has 3 rings (SSSR count). The van der Waals surface area contributed by atoms with Crippen LogP contribution in [0.2, 0.25) is 0 Å². The molecule has 2 aromatic rings. The van der Waals surface area contributed by atoms with Crippen LogP contribution < -0.4 is 5.32 Å². The highest BCUT2D eigenvalue weighted by atomic mass is 32.2. The number of alkyl halides is 3. The molecule has 1 aliphatic rings. The molecule has 2 aromatic carbocycles. The normalized spacial score (nSPS) is 19.3. The number of rotatable bonds is 6. The lowest BCUT2D eigenvalue weighted by Crippen LogP contribution is -2.48. The van der Waals surface area contributed by atoms with Gasteiger partial charge in [-0.1, -0.05) is 6.07 Å². The Labute approximate surface area is 183 Å². The second kappa shape index (κ2) is 8.38. The van der Waals surface area contributed by atoms with Gasteiger partial charge in [0.1, 0.15) is 0 Å². The number of carbonyl (C=O) groups is 1. The quantitative estimate of drug-likeness (QED) is 0.603. The molecule has 0 spiro atoms. The van der Waals surface area contributed by atoms with E-state index >= 15 is 0 Å². The van der Waals surface area contributed by atoms with Gasteiger partial charge in [0.25, 0.3) is 5.91 Å². The molecule has 0 aliphatic heterocycles. The third-order valence-corrected chi connectivity index (χ3v) is 8.74. The second-order valence-electron chi connectivity index (χ2n) is 8.54. The lowest BCUT2D eigenvalue weighted by atomic mass is 9.69. The van der Waals surface area contributed by atoms with Crippen LogP contribution in [0.5, 0.6) is 5.75 Å². The van der Waals surface area contributed by atoms with Crippen molar-refractivity contribution in [3.8, 4) is 5.75 Å². The van der Waals surface area contributed by atoms with E-state index in [1.54, 1.807) is 0 Å². The summed E-state index contributed by atoms with van der Waals surface area (Å²) in [5, 5.41) is 11.8. The summed E-state index contributed by atoms with van der Waals surface area (Å²) in [4.78, 5) is 11.8. The Hall–Kier alpha value is -2.62. The molecular weight excluding hydrogens is 450 g/mol. The van der Waals surface area contributed by atoms with Gasteiger partial charge >= 0.3 is 6.18 Å². The van der Waals surface area contributed by atoms with Gasteiger partial charge in [-0.2, -0.15) is 13.2 Å². The van der Waals surface area contributed by atoms with Crippen LogP contribution in [0.25, 0.3) is 0 Å². The van der Waals surface area contributed by atoms with Crippen molar-refractivity contribution in [1.29, 1.82) is 0 Å². The molecule has 2 N–H and O–H groups in total. The third-order valence-electron chi connectivity index (χ3n) is 6.14. The Kier molecular flexibility index (Phi) is 6.29. The number of hydrogen-bond acceptors (Lipinski definition) is 4. The van der Waals surface area contributed by atoms with Gasteiger partial charge < -0.3 is 10.4 Å². The molecule has 0 saturated heterocycles. The van der Waals surface area contributed by atoms with Crippen molar-refractivity contribution in [2.75, 3.05) is 6.54 Å². The van der Waals surface area contributed by atoms with Gasteiger partial charge in [0.15, 0.2) is 21.4 Å². The van der Waals surface area contributed by atoms with Crippen molar-refractivity contribution in [3.63, 3.8) is 0 Å². The molecule has 1 saturated carbocycles. The minimum absolute atomic E-state index is 0.0121. The van der Waals surface area contributed by atoms with Crippen molar-refractivity contribution < 1.29 is 35.9 Å². The number of benzene rings is 2. The second-order valence-corrected chi connectivity index (χ2v) is 11.1. The Bertz CT molecular complexity index is 1120. The number of aromatic hydroxyl groups is 1. The molecule has 0 radical (unpaired) electrons. The van der Waals surface area contributed by atoms with Crippen LogP contribution in [0.3, 0.4) is 0 Å². The zero-order valence-electron chi connectivity index (χ0n) is 17.4. The molecule has 0 atom stereocenters. The summed E-state index contributed by atoms with van der Waals surface area (Å²) in [6.07, 6.45) is -3.71. The van der Waals surface area contributed by atoms with E-state index in [0.717, 1.165) is 24.3 Å². The molecule has 174 valence electrons. The number of halogens is 4. The van der Waals surface area contributed by atoms with E-state index in [1.165, 1.54) is 26.0 Å². The van der Waals surface area contributed by atoms with Gasteiger partial charge in [-0.15, -0.1) is 0 Å². The summed E-state index contributed by atoms with van der Waals surface area (Å²) < 4.78 is 77.3. The molecule has 32 heavy (non-hydrogen) atoms. The van der Waals surface area contributed by atoms with Gasteiger partial charge in [0.2, 0.25) is 0 Å². The summed E-state index contributed by atoms with van der Waals surface area (Å²) in [7, 11) is -4.04. The highest BCUT2D eigenvalue weighted by molar-refractivity contribution is 7.92. The fourth-order valence-electron chi connectivity index (χ4n) is 3.82. The van der Waals surface area contributed by atoms with E-state index in [2.05, 4.69) is 5.32 Å². The number of phenols is 1. The summed E-state index contributed by atoms with van der Waals surface area (Å²) in [6, 6.07) is 7.00. The van der Waals surface area contributed by atoms with Gasteiger partial charge in [0, 0.05) is 12.1 Å². The monoisotopic (exact) mass is 473 g/mol. The average molecular weight is 473 g/mol. The van der Waals surface area contributed by atoms with Gasteiger partial charge in [-0.05, 0) is 74.9 Å². The standard InChI is InChI=1S/C22H23F4NO4S/c1-21(2,32(30,31)17-5-3-4-15(11-17)22(24,25)26)16-8-13(9-16)12-27-20(29)14-6-7-19(28)18(23)10-14/h3-7,10-11,13,16,28H,8-9,12H2,1-2H3,(H,27,29). The Morgan fingerprint density at radius 1 is 1.12 bits per heavy atom. The fraction of sp³-hybridized carbons (Fsp3) is 0.409. The SMILES string of the molecule is CC(C)(C1CC(CNC(=O)c2ccc(O)c(F)c2)C1)S(=O)(=O)c1cccc(C(F)(F)F)c1. The maximum Gasteiger partial charge on any atom is 0.416 e. The van der Waals surface area contributed by atoms with E-state index in [-0.39, 0.29) is 28.8 Å². The van der Waals surface area contributed by atoms with Crippen molar-refractivity contribution >= 4 is 15.7 Å². The minimum Gasteiger partial charge on any atom is -0.505 e. The molecule has 5 nitrogen and oxygen atoms in total. The molecule has 10 heteroatoms. The predicted octanol–water partition coefficient (Wildman–Crippen LogP) is 4.56. The molecule has 0 unspecified atom stereocenters. The fourth-order valence-corrected chi connectivity index (χ4v) is 5.60. The number of sulfone groups is 1. The summed E-state index contributed by atoms with van der Waals surface area (Å²) >= 11 is 0. The maximum atomic E-state index is 13.4. The van der Waals surface area contributed by atoms with Crippen LogP contribution in [0.4, 0.5) is 17.6 Å². The number of phenolic OH excluding ortho intramolecular Hbond substituents is 1. The number of hydrogen-bond donors (Lipinski definition) is 2. The van der Waals surface area contributed by atoms with Crippen LogP contribution in [-0.4, -0.2) is 30.7 Å². The van der Waals surface area contributed by atoms with E-state index in [9.17, 15) is 35.9 Å². The summed E-state index contributed by atoms with van der Waals surface area (Å²) in [6.45, 7) is 3.25. The summed E-state index contributed by atoms with van der Waals surface area (Å²) in [5.74, 6) is -2.31. The predicted molar refractivity (Wildman–Crippen MR) is 109 cm³/mol. The van der Waals surface area contributed by atoms with Crippen LogP contribution >= 0.6 is 0 Å². The molecule has 1 aliphatic carbocycles. The lowest BCUT2D eigenvalue weighted by Gasteiger charge is -2.44. The largest absolute Gasteiger partial charge is 0.505 e. The van der Waals surface area contributed by atoms with Crippen LogP contribution in [0.15, 0.2) is 47.4 Å². The molecular formula is C22H23F4NO4S. The van der Waals surface area contributed by atoms with Crippen LogP contribution in [-0.2, 0) is 16.0 Å². The van der Waals surface area contributed by atoms with Crippen molar-refractivity contribution in [2.24, 2.45) is 11.8 Å². The average Bonchev–Trinajstić information content (AvgIpc) is 2.67. The van der Waals surface area contributed by atoms with Gasteiger partial charge in [-0.3, -0.25) is 4.79 Å². The molecule has 0 bridgehead atoms. The zero-order valence-corrected chi connectivity index (χ0v) is 18.2. The van der Waals surface area contributed by atoms with Crippen molar-refractivity contribution in [1.82, 2.24) is 5.32 Å². The zero-order chi connectivity index (χ0) is 23.9. The molecule has 1 fully saturated rings.